The molecule has 2 aliphatic rings. The fourth-order valence-electron chi connectivity index (χ4n) is 4.55. The SMILES string of the molecule is COc1ccc(C2C3=C(CC(C)(C)CC3=O)N=c3sc(=Cc4ccccc4)c(=O)n32)cc1. The Bertz CT molecular complexity index is 1410. The van der Waals surface area contributed by atoms with Crippen LogP contribution in [0.1, 0.15) is 43.9 Å². The fourth-order valence-corrected chi connectivity index (χ4v) is 5.57. The number of carbonyl (C=O) groups is 1. The highest BCUT2D eigenvalue weighted by Crippen LogP contribution is 2.43. The molecule has 1 atom stereocenters. The highest BCUT2D eigenvalue weighted by molar-refractivity contribution is 7.07. The van der Waals surface area contributed by atoms with Gasteiger partial charge in [0, 0.05) is 12.0 Å². The van der Waals surface area contributed by atoms with Crippen LogP contribution in [0.3, 0.4) is 0 Å². The number of Topliss-reactive ketones (excluding diaryl/α,β-unsaturated/α-hetero) is 1. The van der Waals surface area contributed by atoms with Crippen LogP contribution in [0.15, 0.2) is 75.7 Å². The van der Waals surface area contributed by atoms with Crippen LogP contribution < -0.4 is 19.6 Å². The zero-order chi connectivity index (χ0) is 22.5. The van der Waals surface area contributed by atoms with E-state index in [0.717, 1.165) is 22.6 Å². The van der Waals surface area contributed by atoms with E-state index in [1.807, 2.05) is 60.7 Å². The van der Waals surface area contributed by atoms with E-state index in [-0.39, 0.29) is 16.8 Å². The van der Waals surface area contributed by atoms with E-state index in [1.54, 1.807) is 11.7 Å². The number of benzene rings is 2. The molecule has 0 bridgehead atoms. The molecule has 1 aromatic heterocycles. The van der Waals surface area contributed by atoms with Crippen LogP contribution in [0.25, 0.3) is 6.08 Å². The second kappa shape index (κ2) is 7.71. The van der Waals surface area contributed by atoms with Crippen LogP contribution in [0, 0.1) is 5.41 Å². The standard InChI is InChI=1S/C26H24N2O3S/c1-26(2)14-19-22(20(29)15-26)23(17-9-11-18(31-3)12-10-17)28-24(30)21(32-25(28)27-19)13-16-7-5-4-6-8-16/h4-13,23H,14-15H2,1-3H3. The van der Waals surface area contributed by atoms with Crippen LogP contribution >= 0.6 is 11.3 Å². The van der Waals surface area contributed by atoms with Crippen molar-refractivity contribution in [3.05, 3.63) is 96.7 Å². The van der Waals surface area contributed by atoms with Crippen molar-refractivity contribution in [2.45, 2.75) is 32.7 Å². The Morgan fingerprint density at radius 3 is 2.47 bits per heavy atom. The van der Waals surface area contributed by atoms with E-state index in [0.29, 0.717) is 27.7 Å². The van der Waals surface area contributed by atoms with Gasteiger partial charge in [-0.25, -0.2) is 4.99 Å². The van der Waals surface area contributed by atoms with Crippen molar-refractivity contribution in [1.29, 1.82) is 0 Å². The maximum absolute atomic E-state index is 13.6. The number of ketones is 1. The molecule has 0 spiro atoms. The van der Waals surface area contributed by atoms with Gasteiger partial charge in [0.05, 0.1) is 23.4 Å². The third-order valence-corrected chi connectivity index (χ3v) is 7.01. The molecule has 2 aromatic carbocycles. The van der Waals surface area contributed by atoms with E-state index in [2.05, 4.69) is 13.8 Å². The molecule has 0 N–H and O–H groups in total. The maximum Gasteiger partial charge on any atom is 0.271 e. The number of thiazole rings is 1. The second-order valence-corrected chi connectivity index (χ2v) is 10.1. The summed E-state index contributed by atoms with van der Waals surface area (Å²) in [7, 11) is 1.62. The van der Waals surface area contributed by atoms with Crippen molar-refractivity contribution in [1.82, 2.24) is 4.57 Å². The van der Waals surface area contributed by atoms with Crippen LogP contribution in [0.5, 0.6) is 5.75 Å². The summed E-state index contributed by atoms with van der Waals surface area (Å²) in [5.41, 5.74) is 3.02. The first-order valence-electron chi connectivity index (χ1n) is 10.6. The molecule has 162 valence electrons. The first kappa shape index (κ1) is 20.6. The number of allylic oxidation sites excluding steroid dienone is 2. The van der Waals surface area contributed by atoms with Crippen molar-refractivity contribution in [3.8, 4) is 5.75 Å². The Labute approximate surface area is 190 Å². The zero-order valence-corrected chi connectivity index (χ0v) is 19.1. The van der Waals surface area contributed by atoms with E-state index in [4.69, 9.17) is 9.73 Å². The normalized spacial score (nSPS) is 19.9. The summed E-state index contributed by atoms with van der Waals surface area (Å²) < 4.78 is 7.61. The molecule has 5 nitrogen and oxygen atoms in total. The van der Waals surface area contributed by atoms with Crippen LogP contribution in [-0.4, -0.2) is 17.5 Å². The van der Waals surface area contributed by atoms with Crippen LogP contribution in [0.4, 0.5) is 0 Å². The first-order chi connectivity index (χ1) is 15.4. The average Bonchev–Trinajstić information content (AvgIpc) is 3.07. The summed E-state index contributed by atoms with van der Waals surface area (Å²) in [6.45, 7) is 4.19. The van der Waals surface area contributed by atoms with E-state index in [1.165, 1.54) is 11.3 Å². The molecular weight excluding hydrogens is 420 g/mol. The van der Waals surface area contributed by atoms with Crippen molar-refractivity contribution in [2.75, 3.05) is 7.11 Å². The van der Waals surface area contributed by atoms with Crippen molar-refractivity contribution in [2.24, 2.45) is 10.4 Å². The number of hydrogen-bond acceptors (Lipinski definition) is 5. The molecule has 3 aromatic rings. The Morgan fingerprint density at radius 2 is 1.78 bits per heavy atom. The van der Waals surface area contributed by atoms with E-state index >= 15 is 0 Å². The molecule has 32 heavy (non-hydrogen) atoms. The summed E-state index contributed by atoms with van der Waals surface area (Å²) in [6.07, 6.45) is 3.06. The van der Waals surface area contributed by atoms with E-state index < -0.39 is 6.04 Å². The number of ether oxygens (including phenoxy) is 1. The monoisotopic (exact) mass is 444 g/mol. The molecule has 1 aliphatic carbocycles. The van der Waals surface area contributed by atoms with Gasteiger partial charge in [-0.1, -0.05) is 67.6 Å². The van der Waals surface area contributed by atoms with Crippen molar-refractivity contribution in [3.63, 3.8) is 0 Å². The fraction of sp³-hybridized carbons (Fsp3) is 0.269. The Hall–Kier alpha value is -3.25. The molecule has 2 heterocycles. The van der Waals surface area contributed by atoms with Gasteiger partial charge in [-0.15, -0.1) is 0 Å². The molecule has 5 rings (SSSR count). The van der Waals surface area contributed by atoms with Crippen molar-refractivity contribution < 1.29 is 9.53 Å². The Balaban J connectivity index is 1.76. The maximum atomic E-state index is 13.6. The third-order valence-electron chi connectivity index (χ3n) is 6.02. The van der Waals surface area contributed by atoms with Gasteiger partial charge >= 0.3 is 0 Å². The number of aromatic nitrogens is 1. The topological polar surface area (TPSA) is 60.7 Å². The molecule has 1 unspecified atom stereocenters. The summed E-state index contributed by atoms with van der Waals surface area (Å²) in [4.78, 5) is 32.3. The minimum atomic E-state index is -0.478. The minimum Gasteiger partial charge on any atom is -0.497 e. The van der Waals surface area contributed by atoms with Gasteiger partial charge in [0.1, 0.15) is 5.75 Å². The lowest BCUT2D eigenvalue weighted by atomic mass is 9.73. The molecule has 0 saturated heterocycles. The molecule has 0 radical (unpaired) electrons. The first-order valence-corrected chi connectivity index (χ1v) is 11.4. The largest absolute Gasteiger partial charge is 0.497 e. The second-order valence-electron chi connectivity index (χ2n) is 9.07. The lowest BCUT2D eigenvalue weighted by Gasteiger charge is -2.35. The highest BCUT2D eigenvalue weighted by atomic mass is 32.1. The molecular formula is C26H24N2O3S. The molecule has 0 fully saturated rings. The summed E-state index contributed by atoms with van der Waals surface area (Å²) >= 11 is 1.38. The smallest absolute Gasteiger partial charge is 0.271 e. The number of rotatable bonds is 3. The highest BCUT2D eigenvalue weighted by Gasteiger charge is 2.40. The van der Waals surface area contributed by atoms with Gasteiger partial charge in [-0.3, -0.25) is 14.2 Å². The molecule has 1 aliphatic heterocycles. The minimum absolute atomic E-state index is 0.0677. The number of hydrogen-bond donors (Lipinski definition) is 0. The Kier molecular flexibility index (Phi) is 4.97. The average molecular weight is 445 g/mol. The molecule has 6 heteroatoms. The predicted octanol–water partition coefficient (Wildman–Crippen LogP) is 3.61. The number of nitrogens with zero attached hydrogens (tertiary/aromatic N) is 2. The number of methoxy groups -OCH3 is 1. The quantitative estimate of drug-likeness (QED) is 0.620. The van der Waals surface area contributed by atoms with Gasteiger partial charge in [0.15, 0.2) is 10.6 Å². The molecule has 0 amide bonds. The van der Waals surface area contributed by atoms with Crippen LogP contribution in [0.2, 0.25) is 0 Å². The summed E-state index contributed by atoms with van der Waals surface area (Å²) in [6, 6.07) is 16.9. The van der Waals surface area contributed by atoms with Crippen molar-refractivity contribution >= 4 is 23.2 Å². The third kappa shape index (κ3) is 3.54. The summed E-state index contributed by atoms with van der Waals surface area (Å²) in [5, 5.41) is 0. The summed E-state index contributed by atoms with van der Waals surface area (Å²) in [5.74, 6) is 0.800. The van der Waals surface area contributed by atoms with Gasteiger partial charge in [-0.2, -0.15) is 0 Å². The zero-order valence-electron chi connectivity index (χ0n) is 18.3. The molecule has 0 saturated carbocycles. The van der Waals surface area contributed by atoms with Gasteiger partial charge in [0.25, 0.3) is 5.56 Å². The number of fused-ring (bicyclic) bond motifs is 1. The van der Waals surface area contributed by atoms with Gasteiger partial charge < -0.3 is 4.74 Å². The van der Waals surface area contributed by atoms with Crippen LogP contribution in [-0.2, 0) is 4.79 Å². The van der Waals surface area contributed by atoms with Gasteiger partial charge in [-0.05, 0) is 41.2 Å². The van der Waals surface area contributed by atoms with Gasteiger partial charge in [0.2, 0.25) is 0 Å². The lowest BCUT2D eigenvalue weighted by Crippen LogP contribution is -2.42. The lowest BCUT2D eigenvalue weighted by molar-refractivity contribution is -0.118. The van der Waals surface area contributed by atoms with E-state index in [9.17, 15) is 9.59 Å². The number of carbonyl (C=O) groups excluding carboxylic acids is 1. The predicted molar refractivity (Wildman–Crippen MR) is 126 cm³/mol. The Morgan fingerprint density at radius 1 is 1.06 bits per heavy atom.